The molecular formula is C32H29ClFN3O3. The van der Waals surface area contributed by atoms with Crippen LogP contribution in [0.15, 0.2) is 78.9 Å². The fraction of sp³-hybridized carbons (Fsp3) is 0.188. The van der Waals surface area contributed by atoms with Crippen molar-refractivity contribution in [2.75, 3.05) is 7.11 Å². The van der Waals surface area contributed by atoms with E-state index in [9.17, 15) is 14.3 Å². The molecule has 4 aromatic carbocycles. The molecular weight excluding hydrogens is 529 g/mol. The van der Waals surface area contributed by atoms with Gasteiger partial charge in [-0.2, -0.15) is 0 Å². The molecule has 0 saturated heterocycles. The Labute approximate surface area is 236 Å². The van der Waals surface area contributed by atoms with Crippen molar-refractivity contribution in [3.05, 3.63) is 106 Å². The molecule has 0 radical (unpaired) electrons. The minimum absolute atomic E-state index is 0.0988. The molecule has 5 rings (SSSR count). The number of aliphatic hydroxyl groups excluding tert-OH is 1. The summed E-state index contributed by atoms with van der Waals surface area (Å²) >= 11 is 6.71. The Balaban J connectivity index is 1.52. The maximum Gasteiger partial charge on any atom is 0.251 e. The first-order chi connectivity index (χ1) is 19.4. The minimum atomic E-state index is -0.499. The van der Waals surface area contributed by atoms with Gasteiger partial charge in [-0.15, -0.1) is 0 Å². The summed E-state index contributed by atoms with van der Waals surface area (Å²) in [5.41, 5.74) is 5.03. The van der Waals surface area contributed by atoms with Crippen molar-refractivity contribution in [3.63, 3.8) is 0 Å². The lowest BCUT2D eigenvalue weighted by Crippen LogP contribution is -2.28. The number of aromatic nitrogens is 2. The van der Waals surface area contributed by atoms with E-state index in [1.807, 2.05) is 36.4 Å². The Kier molecular flexibility index (Phi) is 8.14. The quantitative estimate of drug-likeness (QED) is 0.175. The number of nitrogens with one attached hydrogen (secondary N) is 2. The third kappa shape index (κ3) is 5.43. The molecule has 0 aliphatic heterocycles. The number of hydrogen-bond acceptors (Lipinski definition) is 4. The molecule has 0 fully saturated rings. The van der Waals surface area contributed by atoms with E-state index in [0.717, 1.165) is 18.4 Å². The van der Waals surface area contributed by atoms with Crippen molar-refractivity contribution >= 4 is 28.5 Å². The van der Waals surface area contributed by atoms with Gasteiger partial charge in [0.05, 0.1) is 30.8 Å². The Morgan fingerprint density at radius 3 is 2.60 bits per heavy atom. The molecule has 6 nitrogen and oxygen atoms in total. The summed E-state index contributed by atoms with van der Waals surface area (Å²) in [6.45, 7) is 1.78. The molecule has 5 aromatic rings. The molecule has 0 unspecified atom stereocenters. The summed E-state index contributed by atoms with van der Waals surface area (Å²) < 4.78 is 19.4. The van der Waals surface area contributed by atoms with Crippen LogP contribution in [0.3, 0.4) is 0 Å². The van der Waals surface area contributed by atoms with E-state index in [2.05, 4.69) is 22.2 Å². The smallest absolute Gasteiger partial charge is 0.251 e. The fourth-order valence-electron chi connectivity index (χ4n) is 4.94. The molecule has 0 spiro atoms. The number of amides is 1. The second-order valence-corrected chi connectivity index (χ2v) is 9.91. The predicted molar refractivity (Wildman–Crippen MR) is 156 cm³/mol. The van der Waals surface area contributed by atoms with Gasteiger partial charge in [-0.3, -0.25) is 4.79 Å². The summed E-state index contributed by atoms with van der Waals surface area (Å²) in [7, 11) is 1.40. The lowest BCUT2D eigenvalue weighted by atomic mass is 9.93. The molecule has 0 saturated carbocycles. The number of carbonyl (C=O) groups excluding carboxylic acids is 1. The van der Waals surface area contributed by atoms with E-state index < -0.39 is 5.82 Å². The highest BCUT2D eigenvalue weighted by Crippen LogP contribution is 2.39. The van der Waals surface area contributed by atoms with Crippen molar-refractivity contribution in [2.24, 2.45) is 0 Å². The summed E-state index contributed by atoms with van der Waals surface area (Å²) in [5.74, 6) is -0.143. The first kappa shape index (κ1) is 27.4. The molecule has 1 heterocycles. The minimum Gasteiger partial charge on any atom is -0.494 e. The van der Waals surface area contributed by atoms with Gasteiger partial charge in [0, 0.05) is 33.8 Å². The van der Waals surface area contributed by atoms with Crippen molar-refractivity contribution in [1.29, 1.82) is 0 Å². The van der Waals surface area contributed by atoms with Gasteiger partial charge in [-0.25, -0.2) is 9.37 Å². The Hall–Kier alpha value is -4.20. The van der Waals surface area contributed by atoms with Crippen LogP contribution in [0.4, 0.5) is 4.39 Å². The van der Waals surface area contributed by atoms with E-state index >= 15 is 0 Å². The first-order valence-corrected chi connectivity index (χ1v) is 13.4. The first-order valence-electron chi connectivity index (χ1n) is 13.1. The number of aliphatic hydroxyl groups is 1. The SMILES string of the molecule is CCC[C@H](NC(=O)c1ccc(-c2c(Cl)cccc2-c2nc3cc(OC)c(F)cc3[nH]2)c(CO)c1)c1ccccc1. The third-order valence-corrected chi connectivity index (χ3v) is 7.23. The van der Waals surface area contributed by atoms with E-state index in [0.29, 0.717) is 49.7 Å². The van der Waals surface area contributed by atoms with Crippen LogP contribution in [0.25, 0.3) is 33.5 Å². The van der Waals surface area contributed by atoms with E-state index in [1.165, 1.54) is 19.2 Å². The van der Waals surface area contributed by atoms with E-state index in [1.54, 1.807) is 30.3 Å². The van der Waals surface area contributed by atoms with Crippen molar-refractivity contribution in [1.82, 2.24) is 15.3 Å². The second-order valence-electron chi connectivity index (χ2n) is 9.51. The molecule has 0 aliphatic carbocycles. The van der Waals surface area contributed by atoms with Crippen molar-refractivity contribution in [2.45, 2.75) is 32.4 Å². The maximum atomic E-state index is 14.3. The number of benzene rings is 4. The number of fused-ring (bicyclic) bond motifs is 1. The highest BCUT2D eigenvalue weighted by atomic mass is 35.5. The van der Waals surface area contributed by atoms with Crippen LogP contribution in [0, 0.1) is 5.82 Å². The number of nitrogens with zero attached hydrogens (tertiary/aromatic N) is 1. The number of rotatable bonds is 9. The van der Waals surface area contributed by atoms with Gasteiger partial charge >= 0.3 is 0 Å². The zero-order chi connectivity index (χ0) is 28.2. The van der Waals surface area contributed by atoms with Crippen LogP contribution in [0.5, 0.6) is 5.75 Å². The number of halogens is 2. The Morgan fingerprint density at radius 1 is 1.07 bits per heavy atom. The average molecular weight is 558 g/mol. The lowest BCUT2D eigenvalue weighted by molar-refractivity contribution is 0.0934. The van der Waals surface area contributed by atoms with Gasteiger partial charge in [0.25, 0.3) is 5.91 Å². The molecule has 1 atom stereocenters. The highest BCUT2D eigenvalue weighted by Gasteiger charge is 2.20. The number of imidazole rings is 1. The van der Waals surface area contributed by atoms with Crippen molar-refractivity contribution < 1.29 is 19.0 Å². The second kappa shape index (κ2) is 11.9. The Morgan fingerprint density at radius 2 is 1.88 bits per heavy atom. The lowest BCUT2D eigenvalue weighted by Gasteiger charge is -2.20. The fourth-order valence-corrected chi connectivity index (χ4v) is 5.21. The molecule has 1 amide bonds. The predicted octanol–water partition coefficient (Wildman–Crippen LogP) is 7.46. The summed E-state index contributed by atoms with van der Waals surface area (Å²) in [4.78, 5) is 21.1. The van der Waals surface area contributed by atoms with Crippen LogP contribution in [-0.2, 0) is 6.61 Å². The van der Waals surface area contributed by atoms with E-state index in [-0.39, 0.29) is 24.3 Å². The summed E-state index contributed by atoms with van der Waals surface area (Å²) in [6.07, 6.45) is 1.72. The van der Waals surface area contributed by atoms with Gasteiger partial charge < -0.3 is 20.1 Å². The normalized spacial score (nSPS) is 11.9. The van der Waals surface area contributed by atoms with Crippen LogP contribution < -0.4 is 10.1 Å². The van der Waals surface area contributed by atoms with Crippen LogP contribution in [0.2, 0.25) is 5.02 Å². The molecule has 8 heteroatoms. The molecule has 0 bridgehead atoms. The van der Waals surface area contributed by atoms with Gasteiger partial charge in [0.2, 0.25) is 0 Å². The number of ether oxygens (including phenoxy) is 1. The maximum absolute atomic E-state index is 14.3. The van der Waals surface area contributed by atoms with Gasteiger partial charge in [-0.05, 0) is 41.3 Å². The van der Waals surface area contributed by atoms with Crippen molar-refractivity contribution in [3.8, 4) is 28.3 Å². The molecule has 40 heavy (non-hydrogen) atoms. The number of aromatic amines is 1. The molecule has 204 valence electrons. The largest absolute Gasteiger partial charge is 0.494 e. The van der Waals surface area contributed by atoms with Crippen LogP contribution in [0.1, 0.15) is 47.3 Å². The molecule has 3 N–H and O–H groups in total. The van der Waals surface area contributed by atoms with Gasteiger partial charge in [0.1, 0.15) is 5.82 Å². The average Bonchev–Trinajstić information content (AvgIpc) is 3.39. The van der Waals surface area contributed by atoms with Gasteiger partial charge in [0.15, 0.2) is 11.6 Å². The topological polar surface area (TPSA) is 87.2 Å². The number of methoxy groups -OCH3 is 1. The number of carbonyl (C=O) groups is 1. The van der Waals surface area contributed by atoms with E-state index in [4.69, 9.17) is 16.3 Å². The number of H-pyrrole nitrogens is 1. The van der Waals surface area contributed by atoms with Crippen LogP contribution >= 0.6 is 11.6 Å². The Bertz CT molecular complexity index is 1670. The summed E-state index contributed by atoms with van der Waals surface area (Å²) in [5, 5.41) is 13.9. The zero-order valence-electron chi connectivity index (χ0n) is 22.2. The third-order valence-electron chi connectivity index (χ3n) is 6.92. The molecule has 0 aliphatic rings. The monoisotopic (exact) mass is 557 g/mol. The zero-order valence-corrected chi connectivity index (χ0v) is 22.9. The highest BCUT2D eigenvalue weighted by molar-refractivity contribution is 6.34. The van der Waals surface area contributed by atoms with Gasteiger partial charge in [-0.1, -0.05) is 73.5 Å². The van der Waals surface area contributed by atoms with Crippen LogP contribution in [-0.4, -0.2) is 28.1 Å². The summed E-state index contributed by atoms with van der Waals surface area (Å²) in [6, 6.07) is 23.2. The standard InChI is InChI=1S/C32H29ClFN3O3/c1-3-8-26(19-9-5-4-6-10-19)37-32(39)20-13-14-22(21(15-20)18-38)30-23(11-7-12-24(30)33)31-35-27-16-25(34)29(40-2)17-28(27)36-31/h4-7,9-17,26,38H,3,8,18H2,1-2H3,(H,35,36)(H,37,39)/t26-/m0/s1. The number of hydrogen-bond donors (Lipinski definition) is 3. The molecule has 1 aromatic heterocycles.